The Morgan fingerprint density at radius 3 is 0.904 bits per heavy atom. The van der Waals surface area contributed by atoms with Crippen LogP contribution in [0.4, 0.5) is 23.3 Å². The molecule has 0 spiro atoms. The first-order valence-corrected chi connectivity index (χ1v) is 50.4. The van der Waals surface area contributed by atoms with Crippen LogP contribution < -0.4 is 42.5 Å². The minimum absolute atomic E-state index is 0.112. The Labute approximate surface area is 819 Å². The molecule has 0 unspecified atom stereocenters. The predicted molar refractivity (Wildman–Crippen MR) is 546 cm³/mol. The maximum Gasteiger partial charge on any atom is 0.280 e. The first-order valence-electron chi connectivity index (χ1n) is 47.1. The second kappa shape index (κ2) is 44.4. The van der Waals surface area contributed by atoms with E-state index in [0.717, 1.165) is 126 Å². The number of rotatable bonds is 26. The van der Waals surface area contributed by atoms with Crippen LogP contribution in [0.1, 0.15) is 341 Å². The third kappa shape index (κ3) is 30.0. The summed E-state index contributed by atoms with van der Waals surface area (Å²) >= 11 is 4.76. The average molecular weight is 1950 g/mol. The number of aliphatic hydroxyl groups excluding tert-OH is 1. The molecule has 4 saturated heterocycles. The summed E-state index contributed by atoms with van der Waals surface area (Å²) in [5, 5.41) is 65.4. The molecule has 8 aromatic heterocycles. The number of hydrogen-bond donors (Lipinski definition) is 12. The van der Waals surface area contributed by atoms with Crippen LogP contribution in [0.15, 0.2) is 49.1 Å². The van der Waals surface area contributed by atoms with E-state index in [0.29, 0.717) is 64.3 Å². The van der Waals surface area contributed by atoms with Gasteiger partial charge in [0.1, 0.15) is 46.0 Å². The van der Waals surface area contributed by atoms with Crippen molar-refractivity contribution in [1.29, 1.82) is 0 Å². The fraction of sp³-hybridized carbons (Fsp3) is 0.600. The molecule has 8 aromatic rings. The summed E-state index contributed by atoms with van der Waals surface area (Å²) in [5.74, 6) is 0.796. The molecule has 4 aliphatic rings. The molecule has 12 heterocycles. The van der Waals surface area contributed by atoms with Crippen molar-refractivity contribution in [3.8, 4) is 41.8 Å². The van der Waals surface area contributed by atoms with Crippen LogP contribution in [0.5, 0.6) is 0 Å². The van der Waals surface area contributed by atoms with Crippen LogP contribution in [0.25, 0.3) is 41.8 Å². The molecule has 4 aliphatic heterocycles. The third-order valence-electron chi connectivity index (χ3n) is 23.8. The summed E-state index contributed by atoms with van der Waals surface area (Å²) in [6.07, 6.45) is 15.0. The average Bonchev–Trinajstić information content (AvgIpc) is 1.64. The molecule has 6 atom stereocenters. The zero-order valence-electron chi connectivity index (χ0n) is 85.5. The van der Waals surface area contributed by atoms with Gasteiger partial charge in [-0.05, 0) is 297 Å². The van der Waals surface area contributed by atoms with Crippen molar-refractivity contribution in [3.05, 3.63) is 114 Å². The van der Waals surface area contributed by atoms with E-state index < -0.39 is 52.1 Å². The molecular weight excluding hydrogens is 1800 g/mol. The van der Waals surface area contributed by atoms with Crippen LogP contribution in [0.3, 0.4) is 0 Å². The Hall–Kier alpha value is -10.1. The second-order valence-corrected chi connectivity index (χ2v) is 47.3. The van der Waals surface area contributed by atoms with Crippen LogP contribution in [0, 0.1) is 33.1 Å². The monoisotopic (exact) mass is 1950 g/mol. The van der Waals surface area contributed by atoms with Crippen molar-refractivity contribution in [2.75, 3.05) is 67.1 Å². The van der Waals surface area contributed by atoms with Gasteiger partial charge in [-0.25, -0.2) is 39.9 Å². The van der Waals surface area contributed by atoms with Gasteiger partial charge in [0.15, 0.2) is 20.0 Å². The van der Waals surface area contributed by atoms with E-state index in [1.54, 1.807) is 94.0 Å². The number of likely N-dealkylation sites (tertiary alicyclic amines) is 4. The minimum Gasteiger partial charge on any atom is -0.394 e. The lowest BCUT2D eigenvalue weighted by Crippen LogP contribution is -2.47. The van der Waals surface area contributed by atoms with Crippen molar-refractivity contribution in [3.63, 3.8) is 0 Å². The summed E-state index contributed by atoms with van der Waals surface area (Å²) in [6, 6.07) is 7.37. The molecule has 12 N–H and O–H groups in total. The number of nitrogens with zero attached hydrogens (tertiary/aromatic N) is 12. The van der Waals surface area contributed by atoms with Gasteiger partial charge in [-0.1, -0.05) is 20.8 Å². The number of carbonyl (C=O) groups excluding carboxylic acids is 8. The number of thiazole rings is 4. The lowest BCUT2D eigenvalue weighted by Gasteiger charge is -2.26. The zero-order chi connectivity index (χ0) is 101. The summed E-state index contributed by atoms with van der Waals surface area (Å²) < 4.78 is 0. The highest BCUT2D eigenvalue weighted by molar-refractivity contribution is 7.18. The van der Waals surface area contributed by atoms with Gasteiger partial charge in [-0.2, -0.15) is 0 Å². The molecule has 0 aliphatic carbocycles. The van der Waals surface area contributed by atoms with Crippen LogP contribution in [-0.4, -0.2) is 248 Å². The lowest BCUT2D eigenvalue weighted by atomic mass is 9.97. The number of amides is 8. The second-order valence-electron chi connectivity index (χ2n) is 43.3. The van der Waals surface area contributed by atoms with E-state index in [1.807, 2.05) is 99.3 Å². The van der Waals surface area contributed by atoms with Crippen molar-refractivity contribution < 1.29 is 58.8 Å². The summed E-state index contributed by atoms with van der Waals surface area (Å²) in [5.41, 5.74) is 3.90. The molecule has 4 fully saturated rings. The molecule has 136 heavy (non-hydrogen) atoms. The maximum absolute atomic E-state index is 13.5. The first-order chi connectivity index (χ1) is 62.9. The Kier molecular flexibility index (Phi) is 35.7. The number of aryl methyl sites for hydroxylation is 4. The number of hydrogen-bond acceptors (Lipinski definition) is 28. The fourth-order valence-corrected chi connectivity index (χ4v) is 19.4. The lowest BCUT2D eigenvalue weighted by molar-refractivity contribution is 0.0408. The van der Waals surface area contributed by atoms with E-state index in [-0.39, 0.29) is 119 Å². The Bertz CT molecular complexity index is 5590. The zero-order valence-corrected chi connectivity index (χ0v) is 88.7. The smallest absolute Gasteiger partial charge is 0.280 e. The molecular formula is C100H148N20O12S4. The Morgan fingerprint density at radius 1 is 0.404 bits per heavy atom. The van der Waals surface area contributed by atoms with Crippen molar-refractivity contribution in [2.24, 2.45) is 5.41 Å². The normalized spacial score (nSPS) is 17.1. The molecule has 0 bridgehead atoms. The predicted octanol–water partition coefficient (Wildman–Crippen LogP) is 16.8. The number of pyridine rings is 4. The standard InChI is InChI=1S/C26H39N5O3S.2C25H37N5O3S.C24H35N5O3S/c1-15-12-19(28-14-25(4,5)6)27-13-18(15)21-20(24(33)31-11-9-10-16(31)2)30-23(35-21)22(32)29-17(3)26(7,8)34;1-14-12-18(29-24(4,5)6)26-13-17(14)20-19(23(32)30-11-9-10-15(30)2)28-22(34-20)21(31)27-16(3)25(7,8)33;1-15-13-18(29-24(3,4)5)27-14-17(15)20-19(23(32)30-12-8-9-16(30)2)28-22(34-20)21(31)26-11-10-25(6,7)33;1-14-11-17(27-23(3,4)5)25-12-16(14)19-18(22(32)29-10-8-9-15(29)2)26-21(33-19)20(31)28-24(6,7)13-30/h12-13,16-17,34H,9-11,14H2,1-8H3,(H,27,28)(H,29,32);12-13,15-16,33H,9-11H2,1-8H3,(H,26,29)(H,27,31);13-14,16,33H,8-12H2,1-7H3,(H,26,31)(H,27,29);11-12,15,30H,8-10,13H2,1-7H3,(H,25,27)(H,28,31)/t16-,17+;15-,16+;16-;15-/m0000/s1. The molecule has 12 rings (SSSR count). The van der Waals surface area contributed by atoms with Crippen LogP contribution >= 0.6 is 45.3 Å². The Balaban J connectivity index is 0.000000203. The van der Waals surface area contributed by atoms with Gasteiger partial charge in [0.25, 0.3) is 47.3 Å². The van der Waals surface area contributed by atoms with E-state index in [1.165, 1.54) is 45.3 Å². The highest BCUT2D eigenvalue weighted by Gasteiger charge is 2.40. The highest BCUT2D eigenvalue weighted by atomic mass is 32.1. The molecule has 744 valence electrons. The van der Waals surface area contributed by atoms with Crippen molar-refractivity contribution in [1.82, 2.24) is 80.7 Å². The number of aromatic nitrogens is 8. The molecule has 8 amide bonds. The molecule has 36 heteroatoms. The summed E-state index contributed by atoms with van der Waals surface area (Å²) in [7, 11) is 0. The van der Waals surface area contributed by atoms with Gasteiger partial charge in [0.05, 0.1) is 60.5 Å². The van der Waals surface area contributed by atoms with Crippen LogP contribution in [0.2, 0.25) is 0 Å². The van der Waals surface area contributed by atoms with Gasteiger partial charge < -0.3 is 82.6 Å². The first kappa shape index (κ1) is 110. The summed E-state index contributed by atoms with van der Waals surface area (Å²) in [6.45, 7) is 61.6. The van der Waals surface area contributed by atoms with Crippen molar-refractivity contribution >= 4 is 116 Å². The van der Waals surface area contributed by atoms with Gasteiger partial charge in [0, 0.05) is 127 Å². The van der Waals surface area contributed by atoms with Crippen molar-refractivity contribution in [2.45, 2.75) is 341 Å². The Morgan fingerprint density at radius 2 is 0.669 bits per heavy atom. The van der Waals surface area contributed by atoms with E-state index >= 15 is 0 Å². The van der Waals surface area contributed by atoms with E-state index in [2.05, 4.69) is 165 Å². The topological polar surface area (TPSA) is 430 Å². The minimum atomic E-state index is -1.09. The number of nitrogens with one attached hydrogen (secondary N) is 8. The molecule has 32 nitrogen and oxygen atoms in total. The third-order valence-corrected chi connectivity index (χ3v) is 28.1. The van der Waals surface area contributed by atoms with Gasteiger partial charge in [-0.15, -0.1) is 45.3 Å². The van der Waals surface area contributed by atoms with Gasteiger partial charge in [0.2, 0.25) is 0 Å². The number of anilines is 4. The van der Waals surface area contributed by atoms with E-state index in [9.17, 15) is 58.8 Å². The van der Waals surface area contributed by atoms with Crippen LogP contribution in [-0.2, 0) is 0 Å². The SMILES string of the molecule is Cc1cc(NC(C)(C)C)ncc1-c1sc(C(=O)NC(C)(C)CO)nc1C(=O)N1CCC[C@@H]1C.Cc1cc(NC(C)(C)C)ncc1-c1sc(C(=O)NCCC(C)(C)O)nc1C(=O)N1CCC[C@@H]1C.Cc1cc(NC(C)(C)C)ncc1-c1sc(C(=O)N[C@H](C)C(C)(C)O)nc1C(=O)N1CCC[C@@H]1C.Cc1cc(NCC(C)(C)C)ncc1-c1sc(C(=O)N[C@H](C)C(C)(C)O)nc1C(=O)N1CCC[C@@H]1C. The number of carbonyl (C=O) groups is 8. The largest absolute Gasteiger partial charge is 0.394 e. The summed E-state index contributed by atoms with van der Waals surface area (Å²) in [4.78, 5) is 152. The van der Waals surface area contributed by atoms with Gasteiger partial charge in [-0.3, -0.25) is 38.4 Å². The van der Waals surface area contributed by atoms with E-state index in [4.69, 9.17) is 0 Å². The van der Waals surface area contributed by atoms with Gasteiger partial charge >= 0.3 is 0 Å². The molecule has 0 saturated carbocycles. The molecule has 0 aromatic carbocycles. The fourth-order valence-electron chi connectivity index (χ4n) is 15.3. The molecule has 0 radical (unpaired) electrons. The maximum atomic E-state index is 13.5. The highest BCUT2D eigenvalue weighted by Crippen LogP contribution is 2.42. The number of aliphatic hydroxyl groups is 4. The quantitative estimate of drug-likeness (QED) is 0.0239.